The van der Waals surface area contributed by atoms with Crippen LogP contribution in [0.15, 0.2) is 18.5 Å². The van der Waals surface area contributed by atoms with Gasteiger partial charge in [-0.25, -0.2) is 4.39 Å². The first-order valence-electron chi connectivity index (χ1n) is 6.84. The molecule has 0 saturated heterocycles. The Bertz CT molecular complexity index is 418. The molecule has 0 aromatic carbocycles. The number of amides is 1. The quantitative estimate of drug-likeness (QED) is 0.767. The third-order valence-electron chi connectivity index (χ3n) is 3.20. The smallest absolute Gasteiger partial charge is 0.254 e. The number of rotatable bonds is 7. The predicted octanol–water partition coefficient (Wildman–Crippen LogP) is 3.56. The molecule has 4 heteroatoms. The first-order chi connectivity index (χ1) is 8.96. The Morgan fingerprint density at radius 2 is 2.16 bits per heavy atom. The lowest BCUT2D eigenvalue weighted by Gasteiger charge is -2.25. The van der Waals surface area contributed by atoms with Crippen LogP contribution in [0.25, 0.3) is 0 Å². The molecule has 0 aliphatic carbocycles. The van der Waals surface area contributed by atoms with Crippen LogP contribution in [0.4, 0.5) is 4.39 Å². The Labute approximate surface area is 114 Å². The Balaban J connectivity index is 2.47. The lowest BCUT2D eigenvalue weighted by molar-refractivity contribution is 0.0930. The molecule has 0 radical (unpaired) electrons. The van der Waals surface area contributed by atoms with Gasteiger partial charge in [0.15, 0.2) is 5.82 Å². The molecule has 0 fully saturated rings. The van der Waals surface area contributed by atoms with Crippen molar-refractivity contribution in [3.63, 3.8) is 0 Å². The molecule has 106 valence electrons. The van der Waals surface area contributed by atoms with E-state index in [1.165, 1.54) is 25.1 Å². The number of nitrogens with zero attached hydrogens (tertiary/aromatic N) is 1. The fraction of sp³-hybridized carbons (Fsp3) is 0.600. The molecule has 0 atom stereocenters. The van der Waals surface area contributed by atoms with Crippen molar-refractivity contribution in [3.05, 3.63) is 29.8 Å². The van der Waals surface area contributed by atoms with E-state index in [2.05, 4.69) is 31.1 Å². The fourth-order valence-electron chi connectivity index (χ4n) is 1.92. The highest BCUT2D eigenvalue weighted by Crippen LogP contribution is 2.22. The van der Waals surface area contributed by atoms with Gasteiger partial charge in [0.2, 0.25) is 0 Å². The van der Waals surface area contributed by atoms with E-state index in [4.69, 9.17) is 0 Å². The van der Waals surface area contributed by atoms with E-state index in [1.807, 2.05) is 0 Å². The number of hydrogen-bond acceptors (Lipinski definition) is 2. The maximum atomic E-state index is 13.4. The number of carbonyl (C=O) groups is 1. The summed E-state index contributed by atoms with van der Waals surface area (Å²) in [6.45, 7) is 6.95. The van der Waals surface area contributed by atoms with E-state index in [9.17, 15) is 9.18 Å². The van der Waals surface area contributed by atoms with Crippen LogP contribution in [-0.2, 0) is 0 Å². The summed E-state index contributed by atoms with van der Waals surface area (Å²) in [7, 11) is 0. The minimum atomic E-state index is -0.580. The van der Waals surface area contributed by atoms with Gasteiger partial charge in [0, 0.05) is 12.7 Å². The summed E-state index contributed by atoms with van der Waals surface area (Å²) in [5.74, 6) is -0.952. The molecule has 0 unspecified atom stereocenters. The molecule has 0 saturated carbocycles. The fourth-order valence-corrected chi connectivity index (χ4v) is 1.92. The molecule has 1 aromatic heterocycles. The first-order valence-corrected chi connectivity index (χ1v) is 6.84. The van der Waals surface area contributed by atoms with Crippen LogP contribution in [0.1, 0.15) is 56.8 Å². The van der Waals surface area contributed by atoms with Crippen LogP contribution in [0.5, 0.6) is 0 Å². The van der Waals surface area contributed by atoms with Gasteiger partial charge in [-0.1, -0.05) is 40.0 Å². The van der Waals surface area contributed by atoms with Crippen molar-refractivity contribution in [1.82, 2.24) is 10.3 Å². The normalized spacial score (nSPS) is 11.4. The average Bonchev–Trinajstić information content (AvgIpc) is 2.37. The average molecular weight is 266 g/mol. The van der Waals surface area contributed by atoms with E-state index < -0.39 is 5.82 Å². The van der Waals surface area contributed by atoms with Gasteiger partial charge in [0.25, 0.3) is 5.91 Å². The van der Waals surface area contributed by atoms with E-state index >= 15 is 0 Å². The van der Waals surface area contributed by atoms with Crippen LogP contribution >= 0.6 is 0 Å². The van der Waals surface area contributed by atoms with Gasteiger partial charge in [-0.3, -0.25) is 9.78 Å². The topological polar surface area (TPSA) is 42.0 Å². The van der Waals surface area contributed by atoms with Gasteiger partial charge in [-0.2, -0.15) is 0 Å². The van der Waals surface area contributed by atoms with Crippen LogP contribution in [0, 0.1) is 11.2 Å². The zero-order chi connectivity index (χ0) is 14.3. The zero-order valence-electron chi connectivity index (χ0n) is 12.0. The summed E-state index contributed by atoms with van der Waals surface area (Å²) < 4.78 is 13.4. The molecule has 0 spiro atoms. The Hall–Kier alpha value is -1.45. The van der Waals surface area contributed by atoms with Crippen molar-refractivity contribution < 1.29 is 9.18 Å². The highest BCUT2D eigenvalue weighted by Gasteiger charge is 2.19. The van der Waals surface area contributed by atoms with E-state index in [-0.39, 0.29) is 16.9 Å². The molecule has 19 heavy (non-hydrogen) atoms. The van der Waals surface area contributed by atoms with Crippen molar-refractivity contribution in [2.24, 2.45) is 5.41 Å². The van der Waals surface area contributed by atoms with Gasteiger partial charge in [-0.15, -0.1) is 0 Å². The van der Waals surface area contributed by atoms with Crippen LogP contribution in [0.2, 0.25) is 0 Å². The molecule has 1 aromatic rings. The summed E-state index contributed by atoms with van der Waals surface area (Å²) in [5.41, 5.74) is 0.0910. The van der Waals surface area contributed by atoms with E-state index in [0.29, 0.717) is 6.54 Å². The van der Waals surface area contributed by atoms with Crippen molar-refractivity contribution in [1.29, 1.82) is 0 Å². The van der Waals surface area contributed by atoms with Crippen LogP contribution in [0.3, 0.4) is 0 Å². The van der Waals surface area contributed by atoms with Crippen molar-refractivity contribution in [2.75, 3.05) is 6.54 Å². The molecule has 0 bridgehead atoms. The second-order valence-corrected chi connectivity index (χ2v) is 5.66. The number of carbonyl (C=O) groups excluding carboxylic acids is 1. The Morgan fingerprint density at radius 3 is 2.79 bits per heavy atom. The highest BCUT2D eigenvalue weighted by molar-refractivity contribution is 5.94. The monoisotopic (exact) mass is 266 g/mol. The van der Waals surface area contributed by atoms with Gasteiger partial charge >= 0.3 is 0 Å². The summed E-state index contributed by atoms with van der Waals surface area (Å²) in [5, 5.41) is 2.80. The highest BCUT2D eigenvalue weighted by atomic mass is 19.1. The summed E-state index contributed by atoms with van der Waals surface area (Å²) in [4.78, 5) is 15.5. The number of unbranched alkanes of at least 4 members (excludes halogenated alkanes) is 2. The summed E-state index contributed by atoms with van der Waals surface area (Å²) in [6, 6.07) is 1.40. The SMILES string of the molecule is CCCCCC(C)(C)CNC(=O)c1ccncc1F. The van der Waals surface area contributed by atoms with E-state index in [0.717, 1.165) is 19.0 Å². The maximum Gasteiger partial charge on any atom is 0.254 e. The van der Waals surface area contributed by atoms with Gasteiger partial charge in [0.05, 0.1) is 11.8 Å². The van der Waals surface area contributed by atoms with Crippen molar-refractivity contribution in [3.8, 4) is 0 Å². The Kier molecular flexibility index (Phi) is 5.93. The third kappa shape index (κ3) is 5.37. The minimum Gasteiger partial charge on any atom is -0.351 e. The molecule has 1 amide bonds. The maximum absolute atomic E-state index is 13.4. The summed E-state index contributed by atoms with van der Waals surface area (Å²) >= 11 is 0. The molecular formula is C15H23FN2O. The largest absolute Gasteiger partial charge is 0.351 e. The number of halogens is 1. The lowest BCUT2D eigenvalue weighted by Crippen LogP contribution is -2.34. The van der Waals surface area contributed by atoms with Crippen LogP contribution < -0.4 is 5.32 Å². The molecule has 0 aliphatic heterocycles. The van der Waals surface area contributed by atoms with Gasteiger partial charge in [-0.05, 0) is 17.9 Å². The Morgan fingerprint density at radius 1 is 1.42 bits per heavy atom. The summed E-state index contributed by atoms with van der Waals surface area (Å²) in [6.07, 6.45) is 7.08. The second kappa shape index (κ2) is 7.22. The van der Waals surface area contributed by atoms with Crippen molar-refractivity contribution >= 4 is 5.91 Å². The van der Waals surface area contributed by atoms with Gasteiger partial charge < -0.3 is 5.32 Å². The molecule has 3 nitrogen and oxygen atoms in total. The van der Waals surface area contributed by atoms with Crippen molar-refractivity contribution in [2.45, 2.75) is 46.5 Å². The van der Waals surface area contributed by atoms with Crippen LogP contribution in [-0.4, -0.2) is 17.4 Å². The molecular weight excluding hydrogens is 243 g/mol. The molecule has 1 N–H and O–H groups in total. The number of nitrogens with one attached hydrogen (secondary N) is 1. The third-order valence-corrected chi connectivity index (χ3v) is 3.20. The molecule has 0 aliphatic rings. The molecule has 1 heterocycles. The standard InChI is InChI=1S/C15H23FN2O/c1-4-5-6-8-15(2,3)11-18-14(19)12-7-9-17-10-13(12)16/h7,9-10H,4-6,8,11H2,1-3H3,(H,18,19). The number of pyridine rings is 1. The zero-order valence-corrected chi connectivity index (χ0v) is 12.0. The van der Waals surface area contributed by atoms with E-state index in [1.54, 1.807) is 0 Å². The minimum absolute atomic E-state index is 0.0360. The number of hydrogen-bond donors (Lipinski definition) is 1. The molecule has 1 rings (SSSR count). The first kappa shape index (κ1) is 15.6. The number of aromatic nitrogens is 1. The van der Waals surface area contributed by atoms with Gasteiger partial charge in [0.1, 0.15) is 0 Å². The lowest BCUT2D eigenvalue weighted by atomic mass is 9.87. The second-order valence-electron chi connectivity index (χ2n) is 5.66. The predicted molar refractivity (Wildman–Crippen MR) is 74.5 cm³/mol.